The van der Waals surface area contributed by atoms with Crippen molar-refractivity contribution in [1.82, 2.24) is 9.55 Å². The van der Waals surface area contributed by atoms with E-state index in [0.717, 1.165) is 6.07 Å². The number of hydrogen-bond acceptors (Lipinski definition) is 3. The van der Waals surface area contributed by atoms with E-state index in [1.807, 2.05) is 0 Å². The van der Waals surface area contributed by atoms with Gasteiger partial charge in [0, 0.05) is 24.3 Å². The average molecular weight is 332 g/mol. The Morgan fingerprint density at radius 2 is 2.09 bits per heavy atom. The zero-order valence-corrected chi connectivity index (χ0v) is 12.8. The molecule has 0 spiro atoms. The molecule has 23 heavy (non-hydrogen) atoms. The third kappa shape index (κ3) is 2.80. The lowest BCUT2D eigenvalue weighted by Crippen LogP contribution is -2.28. The molecule has 0 radical (unpaired) electrons. The molecular formula is C16H11ClFN3O2. The number of hydrogen-bond donors (Lipinski definition) is 1. The maximum absolute atomic E-state index is 13.1. The molecule has 0 fully saturated rings. The van der Waals surface area contributed by atoms with Gasteiger partial charge < -0.3 is 5.32 Å². The summed E-state index contributed by atoms with van der Waals surface area (Å²) in [6.07, 6.45) is 1.57. The van der Waals surface area contributed by atoms with Crippen LogP contribution >= 0.6 is 11.6 Å². The molecule has 0 aliphatic heterocycles. The number of benzene rings is 1. The summed E-state index contributed by atoms with van der Waals surface area (Å²) in [5, 5.41) is 3.09. The molecular weight excluding hydrogens is 321 g/mol. The van der Waals surface area contributed by atoms with E-state index < -0.39 is 17.3 Å². The van der Waals surface area contributed by atoms with Crippen LogP contribution in [0.15, 0.2) is 47.4 Å². The molecule has 0 atom stereocenters. The fourth-order valence-electron chi connectivity index (χ4n) is 2.23. The Bertz CT molecular complexity index is 985. The summed E-state index contributed by atoms with van der Waals surface area (Å²) < 4.78 is 14.5. The Morgan fingerprint density at radius 3 is 2.83 bits per heavy atom. The molecule has 3 rings (SSSR count). The first kappa shape index (κ1) is 15.2. The number of nitrogens with one attached hydrogen (secondary N) is 1. The van der Waals surface area contributed by atoms with Gasteiger partial charge in [-0.15, -0.1) is 0 Å². The number of aromatic nitrogens is 2. The van der Waals surface area contributed by atoms with Crippen LogP contribution in [0.25, 0.3) is 11.0 Å². The SMILES string of the molecule is Cn1c(=O)c(C(=O)Nc2ccc(F)c(Cl)c2)cc2cccnc21. The lowest BCUT2D eigenvalue weighted by Gasteiger charge is -2.09. The summed E-state index contributed by atoms with van der Waals surface area (Å²) >= 11 is 5.68. The molecule has 0 aliphatic rings. The first-order valence-corrected chi connectivity index (χ1v) is 7.06. The van der Waals surface area contributed by atoms with Gasteiger partial charge in [-0.1, -0.05) is 11.6 Å². The van der Waals surface area contributed by atoms with Crippen molar-refractivity contribution in [2.45, 2.75) is 0 Å². The Morgan fingerprint density at radius 1 is 1.30 bits per heavy atom. The summed E-state index contributed by atoms with van der Waals surface area (Å²) in [7, 11) is 1.54. The van der Waals surface area contributed by atoms with Gasteiger partial charge in [-0.3, -0.25) is 14.2 Å². The zero-order valence-electron chi connectivity index (χ0n) is 12.0. The molecule has 1 aromatic carbocycles. The van der Waals surface area contributed by atoms with Gasteiger partial charge in [0.25, 0.3) is 11.5 Å². The summed E-state index contributed by atoms with van der Waals surface area (Å²) in [5.74, 6) is -1.18. The van der Waals surface area contributed by atoms with Crippen LogP contribution in [0.1, 0.15) is 10.4 Å². The van der Waals surface area contributed by atoms with E-state index in [1.165, 1.54) is 22.8 Å². The number of halogens is 2. The molecule has 5 nitrogen and oxygen atoms in total. The number of fused-ring (bicyclic) bond motifs is 1. The Kier molecular flexibility index (Phi) is 3.83. The minimum absolute atomic E-state index is 0.0338. The van der Waals surface area contributed by atoms with Crippen LogP contribution in [0.2, 0.25) is 5.02 Å². The van der Waals surface area contributed by atoms with E-state index in [4.69, 9.17) is 11.6 Å². The van der Waals surface area contributed by atoms with Crippen molar-refractivity contribution in [1.29, 1.82) is 0 Å². The zero-order chi connectivity index (χ0) is 16.6. The highest BCUT2D eigenvalue weighted by Crippen LogP contribution is 2.20. The second-order valence-corrected chi connectivity index (χ2v) is 5.33. The molecule has 2 heterocycles. The van der Waals surface area contributed by atoms with Crippen molar-refractivity contribution in [2.24, 2.45) is 7.05 Å². The lowest BCUT2D eigenvalue weighted by molar-refractivity contribution is 0.102. The van der Waals surface area contributed by atoms with Crippen molar-refractivity contribution >= 4 is 34.2 Å². The molecule has 1 N–H and O–H groups in total. The van der Waals surface area contributed by atoms with E-state index in [-0.39, 0.29) is 10.6 Å². The van der Waals surface area contributed by atoms with E-state index in [2.05, 4.69) is 10.3 Å². The van der Waals surface area contributed by atoms with Gasteiger partial charge in [0.2, 0.25) is 0 Å². The van der Waals surface area contributed by atoms with Crippen molar-refractivity contribution in [3.8, 4) is 0 Å². The predicted octanol–water partition coefficient (Wildman–Crippen LogP) is 2.98. The Hall–Kier alpha value is -2.73. The second kappa shape index (κ2) is 5.81. The maximum atomic E-state index is 13.1. The van der Waals surface area contributed by atoms with Gasteiger partial charge in [0.15, 0.2) is 0 Å². The molecule has 3 aromatic rings. The van der Waals surface area contributed by atoms with Crippen LogP contribution in [-0.4, -0.2) is 15.5 Å². The molecule has 0 unspecified atom stereocenters. The minimum atomic E-state index is -0.598. The average Bonchev–Trinajstić information content (AvgIpc) is 2.54. The van der Waals surface area contributed by atoms with Gasteiger partial charge in [-0.2, -0.15) is 0 Å². The number of aryl methyl sites for hydroxylation is 1. The summed E-state index contributed by atoms with van der Waals surface area (Å²) in [5.41, 5.74) is 0.281. The second-order valence-electron chi connectivity index (χ2n) is 4.92. The van der Waals surface area contributed by atoms with Crippen LogP contribution in [-0.2, 0) is 7.05 Å². The van der Waals surface area contributed by atoms with E-state index in [0.29, 0.717) is 16.7 Å². The number of nitrogens with zero attached hydrogens (tertiary/aromatic N) is 2. The van der Waals surface area contributed by atoms with Crippen molar-refractivity contribution in [2.75, 3.05) is 5.32 Å². The lowest BCUT2D eigenvalue weighted by atomic mass is 10.2. The first-order valence-electron chi connectivity index (χ1n) is 6.68. The highest BCUT2D eigenvalue weighted by atomic mass is 35.5. The minimum Gasteiger partial charge on any atom is -0.322 e. The maximum Gasteiger partial charge on any atom is 0.264 e. The van der Waals surface area contributed by atoms with Gasteiger partial charge in [0.05, 0.1) is 5.02 Å². The van der Waals surface area contributed by atoms with Gasteiger partial charge in [0.1, 0.15) is 17.0 Å². The van der Waals surface area contributed by atoms with Crippen molar-refractivity contribution in [3.63, 3.8) is 0 Å². The summed E-state index contributed by atoms with van der Waals surface area (Å²) in [6.45, 7) is 0. The molecule has 116 valence electrons. The highest BCUT2D eigenvalue weighted by molar-refractivity contribution is 6.31. The smallest absolute Gasteiger partial charge is 0.264 e. The van der Waals surface area contributed by atoms with Crippen LogP contribution in [0.3, 0.4) is 0 Å². The van der Waals surface area contributed by atoms with Gasteiger partial charge in [-0.25, -0.2) is 9.37 Å². The first-order chi connectivity index (χ1) is 11.0. The van der Waals surface area contributed by atoms with E-state index >= 15 is 0 Å². The summed E-state index contributed by atoms with van der Waals surface area (Å²) in [4.78, 5) is 28.8. The fraction of sp³-hybridized carbons (Fsp3) is 0.0625. The number of rotatable bonds is 2. The number of carbonyl (C=O) groups excluding carboxylic acids is 1. The molecule has 7 heteroatoms. The fourth-order valence-corrected chi connectivity index (χ4v) is 2.41. The van der Waals surface area contributed by atoms with Crippen molar-refractivity contribution < 1.29 is 9.18 Å². The third-order valence-corrected chi connectivity index (χ3v) is 3.68. The highest BCUT2D eigenvalue weighted by Gasteiger charge is 2.15. The van der Waals surface area contributed by atoms with Crippen LogP contribution < -0.4 is 10.9 Å². The van der Waals surface area contributed by atoms with Gasteiger partial charge >= 0.3 is 0 Å². The monoisotopic (exact) mass is 331 g/mol. The van der Waals surface area contributed by atoms with Gasteiger partial charge in [-0.05, 0) is 36.4 Å². The summed E-state index contributed by atoms with van der Waals surface area (Å²) in [6, 6.07) is 8.74. The number of pyridine rings is 2. The normalized spacial score (nSPS) is 10.7. The number of anilines is 1. The standard InChI is InChI=1S/C16H11ClFN3O2/c1-21-14-9(3-2-6-19-14)7-11(16(21)23)15(22)20-10-4-5-13(18)12(17)8-10/h2-8H,1H3,(H,20,22). The van der Waals surface area contributed by atoms with E-state index in [1.54, 1.807) is 25.4 Å². The van der Waals surface area contributed by atoms with Crippen LogP contribution in [0, 0.1) is 5.82 Å². The Balaban J connectivity index is 2.02. The number of amides is 1. The molecule has 2 aromatic heterocycles. The molecule has 0 saturated carbocycles. The van der Waals surface area contributed by atoms with Crippen LogP contribution in [0.4, 0.5) is 10.1 Å². The Labute approximate surface area is 135 Å². The molecule has 0 saturated heterocycles. The predicted molar refractivity (Wildman–Crippen MR) is 86.3 cm³/mol. The third-order valence-electron chi connectivity index (χ3n) is 3.39. The molecule has 0 bridgehead atoms. The molecule has 1 amide bonds. The largest absolute Gasteiger partial charge is 0.322 e. The van der Waals surface area contributed by atoms with Crippen LogP contribution in [0.5, 0.6) is 0 Å². The van der Waals surface area contributed by atoms with E-state index in [9.17, 15) is 14.0 Å². The number of carbonyl (C=O) groups is 1. The molecule has 0 aliphatic carbocycles. The topological polar surface area (TPSA) is 64.0 Å². The quantitative estimate of drug-likeness (QED) is 0.785. The van der Waals surface area contributed by atoms with Crippen molar-refractivity contribution in [3.05, 3.63) is 69.4 Å².